The van der Waals surface area contributed by atoms with Crippen molar-refractivity contribution in [3.05, 3.63) is 114 Å². The van der Waals surface area contributed by atoms with Crippen molar-refractivity contribution in [3.63, 3.8) is 0 Å². The summed E-state index contributed by atoms with van der Waals surface area (Å²) in [6.45, 7) is 5.33. The summed E-state index contributed by atoms with van der Waals surface area (Å²) in [5.41, 5.74) is 9.62. The second kappa shape index (κ2) is 14.1. The topological polar surface area (TPSA) is 101 Å². The number of hydrogen-bond donors (Lipinski definition) is 3. The smallest absolute Gasteiger partial charge is 0.257 e. The van der Waals surface area contributed by atoms with Gasteiger partial charge in [-0.1, -0.05) is 36.4 Å². The average molecular weight is 655 g/mol. The van der Waals surface area contributed by atoms with Crippen LogP contribution in [0.25, 0.3) is 22.3 Å². The van der Waals surface area contributed by atoms with Gasteiger partial charge in [-0.15, -0.1) is 0 Å². The molecule has 2 aliphatic rings. The fourth-order valence-electron chi connectivity index (χ4n) is 6.23. The predicted molar refractivity (Wildman–Crippen MR) is 195 cm³/mol. The van der Waals surface area contributed by atoms with Crippen LogP contribution in [0.2, 0.25) is 0 Å². The highest BCUT2D eigenvalue weighted by atomic mass is 16.5. The summed E-state index contributed by atoms with van der Waals surface area (Å²) in [7, 11) is 1.65. The van der Waals surface area contributed by atoms with Gasteiger partial charge in [-0.25, -0.2) is 0 Å². The molecule has 5 aromatic carbocycles. The highest BCUT2D eigenvalue weighted by molar-refractivity contribution is 6.12. The van der Waals surface area contributed by atoms with Crippen LogP contribution in [0.1, 0.15) is 22.8 Å². The highest BCUT2D eigenvalue weighted by Crippen LogP contribution is 2.38. The molecule has 2 aliphatic heterocycles. The molecule has 0 unspecified atom stereocenters. The summed E-state index contributed by atoms with van der Waals surface area (Å²) < 4.78 is 17.3. The first-order chi connectivity index (χ1) is 23.9. The van der Waals surface area contributed by atoms with Crippen molar-refractivity contribution in [3.8, 4) is 33.8 Å². The summed E-state index contributed by atoms with van der Waals surface area (Å²) in [5.74, 6) is 1.27. The predicted octanol–water partition coefficient (Wildman–Crippen LogP) is 7.76. The molecule has 49 heavy (non-hydrogen) atoms. The molecule has 248 valence electrons. The van der Waals surface area contributed by atoms with Crippen LogP contribution in [0.3, 0.4) is 0 Å². The summed E-state index contributed by atoms with van der Waals surface area (Å²) in [6.07, 6.45) is 0.697. The molecule has 0 aliphatic carbocycles. The maximum absolute atomic E-state index is 13.3. The quantitative estimate of drug-likeness (QED) is 0.149. The van der Waals surface area contributed by atoms with Crippen molar-refractivity contribution < 1.29 is 23.8 Å². The van der Waals surface area contributed by atoms with Crippen LogP contribution in [0, 0.1) is 0 Å². The van der Waals surface area contributed by atoms with E-state index in [1.165, 1.54) is 12.6 Å². The van der Waals surface area contributed by atoms with Crippen molar-refractivity contribution in [1.29, 1.82) is 0 Å². The third kappa shape index (κ3) is 7.22. The van der Waals surface area contributed by atoms with Crippen LogP contribution in [-0.4, -0.2) is 51.8 Å². The molecule has 3 N–H and O–H groups in total. The average Bonchev–Trinajstić information content (AvgIpc) is 3.27. The number of methoxy groups -OCH3 is 1. The summed E-state index contributed by atoms with van der Waals surface area (Å²) in [5, 5.41) is 9.36. The lowest BCUT2D eigenvalue weighted by Gasteiger charge is -2.28. The van der Waals surface area contributed by atoms with Crippen LogP contribution in [0.4, 0.5) is 28.4 Å². The molecule has 9 nitrogen and oxygen atoms in total. The van der Waals surface area contributed by atoms with Gasteiger partial charge in [0.25, 0.3) is 5.91 Å². The SMILES string of the molecule is COc1cc(-c2ccc3c(c2)Nc2ccc(CCOc4ccc(N5CCOCC5)cc4)cc2NC3=O)ccc1-c1ccc(NC(C)=O)cc1. The van der Waals surface area contributed by atoms with E-state index in [4.69, 9.17) is 14.2 Å². The van der Waals surface area contributed by atoms with Crippen molar-refractivity contribution in [1.82, 2.24) is 0 Å². The number of carbonyl (C=O) groups is 2. The Hall–Kier alpha value is -5.80. The van der Waals surface area contributed by atoms with E-state index in [0.29, 0.717) is 18.6 Å². The summed E-state index contributed by atoms with van der Waals surface area (Å²) in [6, 6.07) is 33.8. The number of carbonyl (C=O) groups excluding carboxylic acids is 2. The Morgan fingerprint density at radius 3 is 2.22 bits per heavy atom. The minimum Gasteiger partial charge on any atom is -0.496 e. The molecule has 0 bridgehead atoms. The van der Waals surface area contributed by atoms with Crippen molar-refractivity contribution >= 4 is 40.3 Å². The van der Waals surface area contributed by atoms with E-state index in [1.807, 2.05) is 84.9 Å². The first-order valence-corrected chi connectivity index (χ1v) is 16.4. The van der Waals surface area contributed by atoms with Crippen molar-refractivity contribution in [2.24, 2.45) is 0 Å². The molecule has 0 atom stereocenters. The monoisotopic (exact) mass is 654 g/mol. The number of rotatable bonds is 9. The van der Waals surface area contributed by atoms with Gasteiger partial charge in [-0.3, -0.25) is 9.59 Å². The van der Waals surface area contributed by atoms with Crippen LogP contribution >= 0.6 is 0 Å². The Morgan fingerprint density at radius 1 is 0.776 bits per heavy atom. The zero-order chi connectivity index (χ0) is 33.7. The van der Waals surface area contributed by atoms with Gasteiger partial charge in [-0.2, -0.15) is 0 Å². The summed E-state index contributed by atoms with van der Waals surface area (Å²) in [4.78, 5) is 27.0. The minimum absolute atomic E-state index is 0.112. The minimum atomic E-state index is -0.169. The lowest BCUT2D eigenvalue weighted by molar-refractivity contribution is -0.114. The first-order valence-electron chi connectivity index (χ1n) is 16.4. The molecular formula is C40H38N4O5. The van der Waals surface area contributed by atoms with Crippen LogP contribution < -0.4 is 30.3 Å². The highest BCUT2D eigenvalue weighted by Gasteiger charge is 2.20. The molecule has 0 saturated carbocycles. The lowest BCUT2D eigenvalue weighted by Crippen LogP contribution is -2.36. The number of morpholine rings is 1. The maximum atomic E-state index is 13.3. The molecule has 5 aromatic rings. The van der Waals surface area contributed by atoms with Crippen LogP contribution in [-0.2, 0) is 16.0 Å². The number of hydrogen-bond acceptors (Lipinski definition) is 7. The largest absolute Gasteiger partial charge is 0.496 e. The van der Waals surface area contributed by atoms with Crippen LogP contribution in [0.5, 0.6) is 11.5 Å². The number of fused-ring (bicyclic) bond motifs is 2. The molecule has 2 amide bonds. The fraction of sp³-hybridized carbons (Fsp3) is 0.200. The molecule has 7 rings (SSSR count). The van der Waals surface area contributed by atoms with Gasteiger partial charge in [-0.05, 0) is 89.0 Å². The van der Waals surface area contributed by atoms with E-state index in [9.17, 15) is 9.59 Å². The number of amides is 2. The number of nitrogens with zero attached hydrogens (tertiary/aromatic N) is 1. The third-order valence-corrected chi connectivity index (χ3v) is 8.79. The van der Waals surface area contributed by atoms with Gasteiger partial charge >= 0.3 is 0 Å². The Kier molecular flexibility index (Phi) is 9.16. The van der Waals surface area contributed by atoms with Gasteiger partial charge in [0.05, 0.1) is 49.6 Å². The Bertz CT molecular complexity index is 1990. The molecule has 0 aromatic heterocycles. The number of anilines is 5. The zero-order valence-electron chi connectivity index (χ0n) is 27.5. The van der Waals surface area contributed by atoms with Gasteiger partial charge in [0.2, 0.25) is 5.91 Å². The van der Waals surface area contributed by atoms with E-state index in [-0.39, 0.29) is 11.8 Å². The Labute approximate surface area is 285 Å². The van der Waals surface area contributed by atoms with Crippen molar-refractivity contribution in [2.45, 2.75) is 13.3 Å². The zero-order valence-corrected chi connectivity index (χ0v) is 27.5. The standard InChI is InChI=1S/C40H38N4O5/c1-26(45)41-31-8-4-28(5-9-31)34-14-6-30(25-39(34)47-2)29-7-15-35-37(24-29)42-36-16-3-27(23-38(36)43-40(35)46)17-20-49-33-12-10-32(11-13-33)44-18-21-48-22-19-44/h3-16,23-25,42H,17-22H2,1-2H3,(H,41,45)(H,43,46). The number of ether oxygens (including phenoxy) is 3. The van der Waals surface area contributed by atoms with Gasteiger partial charge in [0, 0.05) is 43.4 Å². The lowest BCUT2D eigenvalue weighted by atomic mass is 9.97. The second-order valence-corrected chi connectivity index (χ2v) is 12.1. The number of nitrogens with one attached hydrogen (secondary N) is 3. The molecular weight excluding hydrogens is 616 g/mol. The van der Waals surface area contributed by atoms with E-state index in [1.54, 1.807) is 7.11 Å². The normalized spacial score (nSPS) is 13.7. The first kappa shape index (κ1) is 31.8. The van der Waals surface area contributed by atoms with E-state index >= 15 is 0 Å². The van der Waals surface area contributed by atoms with E-state index in [0.717, 1.165) is 88.4 Å². The molecule has 1 fully saturated rings. The Balaban J connectivity index is 1.03. The van der Waals surface area contributed by atoms with E-state index in [2.05, 4.69) is 39.0 Å². The molecule has 9 heteroatoms. The maximum Gasteiger partial charge on any atom is 0.257 e. The van der Waals surface area contributed by atoms with Crippen molar-refractivity contribution in [2.75, 3.05) is 60.9 Å². The van der Waals surface area contributed by atoms with Gasteiger partial charge in [0.1, 0.15) is 11.5 Å². The van der Waals surface area contributed by atoms with Gasteiger partial charge in [0.15, 0.2) is 0 Å². The fourth-order valence-corrected chi connectivity index (χ4v) is 6.23. The van der Waals surface area contributed by atoms with E-state index < -0.39 is 0 Å². The summed E-state index contributed by atoms with van der Waals surface area (Å²) >= 11 is 0. The molecule has 2 heterocycles. The molecule has 1 saturated heterocycles. The van der Waals surface area contributed by atoms with Crippen LogP contribution in [0.15, 0.2) is 103 Å². The second-order valence-electron chi connectivity index (χ2n) is 12.1. The Morgan fingerprint density at radius 2 is 1.49 bits per heavy atom. The number of benzene rings is 5. The molecule has 0 spiro atoms. The van der Waals surface area contributed by atoms with Gasteiger partial charge < -0.3 is 35.1 Å². The third-order valence-electron chi connectivity index (χ3n) is 8.79. The molecule has 0 radical (unpaired) electrons.